The maximum absolute atomic E-state index is 5.90. The summed E-state index contributed by atoms with van der Waals surface area (Å²) in [7, 11) is 0. The lowest BCUT2D eigenvalue weighted by Gasteiger charge is -2.12. The third-order valence-corrected chi connectivity index (χ3v) is 2.17. The lowest BCUT2D eigenvalue weighted by atomic mass is 10.2. The zero-order chi connectivity index (χ0) is 12.7. The van der Waals surface area contributed by atoms with Crippen LogP contribution in [0.25, 0.3) is 0 Å². The molecule has 1 unspecified atom stereocenters. The Morgan fingerprint density at radius 3 is 2.88 bits per heavy atom. The summed E-state index contributed by atoms with van der Waals surface area (Å²) >= 11 is 0. The molecule has 17 heavy (non-hydrogen) atoms. The summed E-state index contributed by atoms with van der Waals surface area (Å²) in [5.74, 6) is 1.15. The van der Waals surface area contributed by atoms with Crippen molar-refractivity contribution in [2.24, 2.45) is 5.73 Å². The second-order valence-electron chi connectivity index (χ2n) is 4.31. The van der Waals surface area contributed by atoms with Crippen LogP contribution >= 0.6 is 0 Å². The van der Waals surface area contributed by atoms with E-state index in [1.807, 2.05) is 13.8 Å². The lowest BCUT2D eigenvalue weighted by molar-refractivity contribution is 0.232. The molecule has 1 aromatic heterocycles. The van der Waals surface area contributed by atoms with E-state index in [0.717, 1.165) is 12.8 Å². The largest absolute Gasteiger partial charge is 0.475 e. The Bertz CT molecular complexity index is 330. The van der Waals surface area contributed by atoms with Crippen molar-refractivity contribution in [1.29, 1.82) is 0 Å². The minimum Gasteiger partial charge on any atom is -0.475 e. The van der Waals surface area contributed by atoms with Gasteiger partial charge in [-0.25, -0.2) is 4.98 Å². The minimum atomic E-state index is 0.111. The van der Waals surface area contributed by atoms with Crippen LogP contribution in [0.15, 0.2) is 12.3 Å². The third kappa shape index (κ3) is 5.49. The number of hydrogen-bond donors (Lipinski definition) is 2. The van der Waals surface area contributed by atoms with E-state index in [1.165, 1.54) is 0 Å². The Kier molecular flexibility index (Phi) is 5.69. The van der Waals surface area contributed by atoms with Gasteiger partial charge in [0, 0.05) is 24.8 Å². The highest BCUT2D eigenvalue weighted by Gasteiger charge is 2.04. The van der Waals surface area contributed by atoms with Crippen molar-refractivity contribution >= 4 is 5.95 Å². The number of ether oxygens (including phenoxy) is 1. The van der Waals surface area contributed by atoms with Gasteiger partial charge in [0.05, 0.1) is 6.10 Å². The van der Waals surface area contributed by atoms with Crippen molar-refractivity contribution in [3.8, 4) is 5.88 Å². The zero-order valence-electron chi connectivity index (χ0n) is 10.8. The highest BCUT2D eigenvalue weighted by molar-refractivity contribution is 5.27. The van der Waals surface area contributed by atoms with Crippen LogP contribution in [-0.4, -0.2) is 28.7 Å². The number of nitrogens with zero attached hydrogens (tertiary/aromatic N) is 2. The van der Waals surface area contributed by atoms with E-state index < -0.39 is 0 Å². The number of hydrogen-bond acceptors (Lipinski definition) is 5. The van der Waals surface area contributed by atoms with Crippen LogP contribution in [0.3, 0.4) is 0 Å². The molecule has 0 aromatic carbocycles. The summed E-state index contributed by atoms with van der Waals surface area (Å²) in [5.41, 5.74) is 5.90. The molecule has 0 aliphatic heterocycles. The van der Waals surface area contributed by atoms with Crippen molar-refractivity contribution < 1.29 is 4.74 Å². The van der Waals surface area contributed by atoms with Gasteiger partial charge in [-0.2, -0.15) is 4.98 Å². The van der Waals surface area contributed by atoms with E-state index in [9.17, 15) is 0 Å². The molecule has 1 aromatic rings. The van der Waals surface area contributed by atoms with Gasteiger partial charge in [0.25, 0.3) is 0 Å². The summed E-state index contributed by atoms with van der Waals surface area (Å²) in [5, 5.41) is 3.12. The molecule has 96 valence electrons. The van der Waals surface area contributed by atoms with E-state index in [-0.39, 0.29) is 12.1 Å². The first-order valence-electron chi connectivity index (χ1n) is 6.11. The number of anilines is 1. The first kappa shape index (κ1) is 13.7. The molecule has 0 aliphatic rings. The molecule has 0 radical (unpaired) electrons. The first-order valence-corrected chi connectivity index (χ1v) is 6.11. The van der Waals surface area contributed by atoms with E-state index >= 15 is 0 Å². The highest BCUT2D eigenvalue weighted by atomic mass is 16.5. The van der Waals surface area contributed by atoms with Gasteiger partial charge in [-0.1, -0.05) is 13.3 Å². The van der Waals surface area contributed by atoms with Gasteiger partial charge >= 0.3 is 0 Å². The second kappa shape index (κ2) is 7.06. The van der Waals surface area contributed by atoms with Crippen LogP contribution in [0.2, 0.25) is 0 Å². The van der Waals surface area contributed by atoms with Gasteiger partial charge in [0.1, 0.15) is 0 Å². The fourth-order valence-electron chi connectivity index (χ4n) is 1.43. The number of nitrogens with two attached hydrogens (primary N) is 1. The van der Waals surface area contributed by atoms with Crippen LogP contribution in [0.4, 0.5) is 5.95 Å². The molecular weight excluding hydrogens is 216 g/mol. The fraction of sp³-hybridized carbons (Fsp3) is 0.667. The minimum absolute atomic E-state index is 0.111. The normalized spacial score (nSPS) is 12.5. The Labute approximate surface area is 103 Å². The van der Waals surface area contributed by atoms with Crippen molar-refractivity contribution in [1.82, 2.24) is 9.97 Å². The molecule has 0 spiro atoms. The predicted molar refractivity (Wildman–Crippen MR) is 69.2 cm³/mol. The van der Waals surface area contributed by atoms with Gasteiger partial charge in [-0.15, -0.1) is 0 Å². The Morgan fingerprint density at radius 1 is 1.47 bits per heavy atom. The maximum Gasteiger partial charge on any atom is 0.225 e. The molecule has 1 rings (SSSR count). The third-order valence-electron chi connectivity index (χ3n) is 2.17. The van der Waals surface area contributed by atoms with Crippen molar-refractivity contribution in [3.63, 3.8) is 0 Å². The van der Waals surface area contributed by atoms with Crippen LogP contribution in [0, 0.1) is 0 Å². The molecule has 0 aliphatic carbocycles. The van der Waals surface area contributed by atoms with Crippen LogP contribution in [-0.2, 0) is 0 Å². The molecule has 1 atom stereocenters. The van der Waals surface area contributed by atoms with E-state index in [2.05, 4.69) is 22.2 Å². The molecule has 5 nitrogen and oxygen atoms in total. The van der Waals surface area contributed by atoms with Gasteiger partial charge in [0.2, 0.25) is 11.8 Å². The molecule has 0 saturated carbocycles. The Hall–Kier alpha value is -1.36. The standard InChI is InChI=1S/C12H22N4O/c1-4-5-10(13)8-15-12-14-7-6-11(16-12)17-9(2)3/h6-7,9-10H,4-5,8,13H2,1-3H3,(H,14,15,16). The molecule has 0 saturated heterocycles. The maximum atomic E-state index is 5.90. The van der Waals surface area contributed by atoms with Crippen molar-refractivity contribution in [2.45, 2.75) is 45.8 Å². The molecule has 5 heteroatoms. The van der Waals surface area contributed by atoms with Gasteiger partial charge < -0.3 is 15.8 Å². The van der Waals surface area contributed by atoms with E-state index in [4.69, 9.17) is 10.5 Å². The number of rotatable bonds is 7. The molecule has 0 amide bonds. The smallest absolute Gasteiger partial charge is 0.225 e. The average Bonchev–Trinajstić information content (AvgIpc) is 2.26. The molecule has 3 N–H and O–H groups in total. The topological polar surface area (TPSA) is 73.1 Å². The van der Waals surface area contributed by atoms with Gasteiger partial charge in [-0.3, -0.25) is 0 Å². The average molecular weight is 238 g/mol. The lowest BCUT2D eigenvalue weighted by Crippen LogP contribution is -2.29. The monoisotopic (exact) mass is 238 g/mol. The number of nitrogens with one attached hydrogen (secondary N) is 1. The molecule has 0 fully saturated rings. The first-order chi connectivity index (χ1) is 8.11. The Balaban J connectivity index is 2.48. The second-order valence-corrected chi connectivity index (χ2v) is 4.31. The molecular formula is C12H22N4O. The van der Waals surface area contributed by atoms with E-state index in [1.54, 1.807) is 12.3 Å². The van der Waals surface area contributed by atoms with Crippen LogP contribution < -0.4 is 15.8 Å². The summed E-state index contributed by atoms with van der Waals surface area (Å²) in [6.45, 7) is 6.73. The van der Waals surface area contributed by atoms with Crippen LogP contribution in [0.5, 0.6) is 5.88 Å². The van der Waals surface area contributed by atoms with Gasteiger partial charge in [-0.05, 0) is 20.3 Å². The summed E-state index contributed by atoms with van der Waals surface area (Å²) < 4.78 is 5.49. The van der Waals surface area contributed by atoms with Crippen molar-refractivity contribution in [2.75, 3.05) is 11.9 Å². The molecule has 0 bridgehead atoms. The predicted octanol–water partition coefficient (Wildman–Crippen LogP) is 1.80. The molecule has 1 heterocycles. The summed E-state index contributed by atoms with van der Waals surface area (Å²) in [4.78, 5) is 8.37. The number of aromatic nitrogens is 2. The fourth-order valence-corrected chi connectivity index (χ4v) is 1.43. The summed E-state index contributed by atoms with van der Waals surface area (Å²) in [6.07, 6.45) is 3.87. The SMILES string of the molecule is CCCC(N)CNc1nccc(OC(C)C)n1. The quantitative estimate of drug-likeness (QED) is 0.757. The Morgan fingerprint density at radius 2 is 2.24 bits per heavy atom. The van der Waals surface area contributed by atoms with E-state index in [0.29, 0.717) is 18.4 Å². The highest BCUT2D eigenvalue weighted by Crippen LogP contribution is 2.10. The van der Waals surface area contributed by atoms with Crippen molar-refractivity contribution in [3.05, 3.63) is 12.3 Å². The van der Waals surface area contributed by atoms with Gasteiger partial charge in [0.15, 0.2) is 0 Å². The zero-order valence-corrected chi connectivity index (χ0v) is 10.8. The summed E-state index contributed by atoms with van der Waals surface area (Å²) in [6, 6.07) is 1.88. The van der Waals surface area contributed by atoms with Crippen LogP contribution in [0.1, 0.15) is 33.6 Å².